The molecule has 0 atom stereocenters. The number of para-hydroxylation sites is 1. The van der Waals surface area contributed by atoms with Gasteiger partial charge in [-0.25, -0.2) is 9.99 Å². The Morgan fingerprint density at radius 2 is 1.90 bits per heavy atom. The Kier molecular flexibility index (Phi) is 5.22. The van der Waals surface area contributed by atoms with Gasteiger partial charge in [0.15, 0.2) is 5.13 Å². The zero-order valence-electron chi connectivity index (χ0n) is 16.2. The zero-order chi connectivity index (χ0) is 20.4. The molecule has 4 rings (SSSR count). The first-order valence-electron chi connectivity index (χ1n) is 9.31. The van der Waals surface area contributed by atoms with E-state index in [1.807, 2.05) is 42.6 Å². The lowest BCUT2D eigenvalue weighted by Gasteiger charge is -2.22. The van der Waals surface area contributed by atoms with Gasteiger partial charge in [0.25, 0.3) is 5.91 Å². The molecule has 1 N–H and O–H groups in total. The Balaban J connectivity index is 1.52. The van der Waals surface area contributed by atoms with Crippen LogP contribution in [0.15, 0.2) is 59.0 Å². The lowest BCUT2D eigenvalue weighted by atomic mass is 10.0. The van der Waals surface area contributed by atoms with Crippen molar-refractivity contribution in [1.82, 2.24) is 4.98 Å². The summed E-state index contributed by atoms with van der Waals surface area (Å²) in [5.74, 6) is -0.459. The van der Waals surface area contributed by atoms with Gasteiger partial charge in [0.1, 0.15) is 5.71 Å². The number of hydrogen-bond acceptors (Lipinski definition) is 5. The second-order valence-corrected chi connectivity index (χ2v) is 7.76. The number of amides is 2. The summed E-state index contributed by atoms with van der Waals surface area (Å²) in [4.78, 5) is 29.5. The number of nitrogens with zero attached hydrogens (tertiary/aromatic N) is 3. The molecule has 2 aromatic carbocycles. The topological polar surface area (TPSA) is 74.7 Å². The fourth-order valence-corrected chi connectivity index (χ4v) is 3.92. The Labute approximate surface area is 172 Å². The van der Waals surface area contributed by atoms with Crippen LogP contribution in [0.25, 0.3) is 11.3 Å². The molecule has 1 aromatic heterocycles. The molecule has 0 spiro atoms. The third-order valence-electron chi connectivity index (χ3n) is 4.68. The number of aryl methyl sites for hydroxylation is 2. The maximum atomic E-state index is 12.7. The lowest BCUT2D eigenvalue weighted by Crippen LogP contribution is -2.36. The number of rotatable bonds is 4. The van der Waals surface area contributed by atoms with Crippen LogP contribution in [0.5, 0.6) is 0 Å². The average molecular weight is 404 g/mol. The van der Waals surface area contributed by atoms with Crippen molar-refractivity contribution in [3.63, 3.8) is 0 Å². The molecule has 0 unspecified atom stereocenters. The predicted octanol–water partition coefficient (Wildman–Crippen LogP) is 4.55. The van der Waals surface area contributed by atoms with E-state index in [1.54, 1.807) is 12.1 Å². The molecule has 7 heteroatoms. The Hall–Kier alpha value is -3.32. The summed E-state index contributed by atoms with van der Waals surface area (Å²) < 4.78 is 0. The molecule has 2 amide bonds. The van der Waals surface area contributed by atoms with Gasteiger partial charge in [-0.15, -0.1) is 11.3 Å². The van der Waals surface area contributed by atoms with E-state index in [0.717, 1.165) is 16.8 Å². The van der Waals surface area contributed by atoms with Crippen LogP contribution < -0.4 is 10.3 Å². The molecule has 6 nitrogen and oxygen atoms in total. The van der Waals surface area contributed by atoms with Gasteiger partial charge >= 0.3 is 0 Å². The highest BCUT2D eigenvalue weighted by molar-refractivity contribution is 7.14. The van der Waals surface area contributed by atoms with Crippen molar-refractivity contribution < 1.29 is 9.59 Å². The minimum atomic E-state index is -0.333. The van der Waals surface area contributed by atoms with Crippen molar-refractivity contribution >= 4 is 39.7 Å². The summed E-state index contributed by atoms with van der Waals surface area (Å²) in [5.41, 5.74) is 5.17. The number of hydrazone groups is 1. The Morgan fingerprint density at radius 3 is 2.66 bits per heavy atom. The van der Waals surface area contributed by atoms with Gasteiger partial charge in [0.05, 0.1) is 11.4 Å². The summed E-state index contributed by atoms with van der Waals surface area (Å²) in [6.45, 7) is 4.10. The summed E-state index contributed by atoms with van der Waals surface area (Å²) in [5, 5.41) is 10.8. The normalized spacial score (nSPS) is 13.9. The van der Waals surface area contributed by atoms with Gasteiger partial charge in [0.2, 0.25) is 5.91 Å². The van der Waals surface area contributed by atoms with Crippen LogP contribution in [-0.2, 0) is 9.59 Å². The van der Waals surface area contributed by atoms with Crippen LogP contribution >= 0.6 is 11.3 Å². The third-order valence-corrected chi connectivity index (χ3v) is 5.44. The standard InChI is InChI=1S/C22H20N4O2S/c1-14-8-9-17(15(2)12-14)19-13-29-22(23-19)24-21(28)18-10-11-20(27)26(25-18)16-6-4-3-5-7-16/h3-9,12-13H,10-11H2,1-2H3,(H,23,24,28). The Morgan fingerprint density at radius 1 is 1.10 bits per heavy atom. The van der Waals surface area contributed by atoms with Crippen molar-refractivity contribution in [3.8, 4) is 11.3 Å². The largest absolute Gasteiger partial charge is 0.297 e. The summed E-state index contributed by atoms with van der Waals surface area (Å²) >= 11 is 1.37. The zero-order valence-corrected chi connectivity index (χ0v) is 17.0. The molecule has 0 aliphatic carbocycles. The Bertz CT molecular complexity index is 1110. The second-order valence-electron chi connectivity index (χ2n) is 6.90. The first-order valence-corrected chi connectivity index (χ1v) is 10.2. The van der Waals surface area contributed by atoms with E-state index < -0.39 is 0 Å². The van der Waals surface area contributed by atoms with Crippen molar-refractivity contribution in [2.75, 3.05) is 10.3 Å². The SMILES string of the molecule is Cc1ccc(-c2csc(NC(=O)C3=NN(c4ccccc4)C(=O)CC3)n2)c(C)c1. The van der Waals surface area contributed by atoms with Gasteiger partial charge < -0.3 is 0 Å². The highest BCUT2D eigenvalue weighted by Gasteiger charge is 2.26. The highest BCUT2D eigenvalue weighted by atomic mass is 32.1. The monoisotopic (exact) mass is 404 g/mol. The number of benzene rings is 2. The van der Waals surface area contributed by atoms with Crippen LogP contribution in [-0.4, -0.2) is 22.5 Å². The van der Waals surface area contributed by atoms with E-state index in [2.05, 4.69) is 28.4 Å². The fraction of sp³-hybridized carbons (Fsp3) is 0.182. The van der Waals surface area contributed by atoms with E-state index in [0.29, 0.717) is 23.0 Å². The molecule has 3 aromatic rings. The van der Waals surface area contributed by atoms with E-state index in [1.165, 1.54) is 21.9 Å². The maximum absolute atomic E-state index is 12.7. The lowest BCUT2D eigenvalue weighted by molar-refractivity contribution is -0.118. The number of carbonyl (C=O) groups is 2. The van der Waals surface area contributed by atoms with E-state index in [-0.39, 0.29) is 18.2 Å². The maximum Gasteiger partial charge on any atom is 0.273 e. The quantitative estimate of drug-likeness (QED) is 0.693. The molecule has 146 valence electrons. The van der Waals surface area contributed by atoms with Crippen molar-refractivity contribution in [3.05, 3.63) is 65.0 Å². The smallest absolute Gasteiger partial charge is 0.273 e. The summed E-state index contributed by atoms with van der Waals surface area (Å²) in [6, 6.07) is 15.3. The molecule has 0 radical (unpaired) electrons. The molecule has 1 aliphatic rings. The van der Waals surface area contributed by atoms with E-state index >= 15 is 0 Å². The average Bonchev–Trinajstić information content (AvgIpc) is 3.17. The van der Waals surface area contributed by atoms with Crippen LogP contribution in [0.1, 0.15) is 24.0 Å². The summed E-state index contributed by atoms with van der Waals surface area (Å²) in [7, 11) is 0. The van der Waals surface area contributed by atoms with E-state index in [4.69, 9.17) is 0 Å². The van der Waals surface area contributed by atoms with Crippen molar-refractivity contribution in [2.45, 2.75) is 26.7 Å². The van der Waals surface area contributed by atoms with Gasteiger partial charge in [-0.2, -0.15) is 5.10 Å². The van der Waals surface area contributed by atoms with Gasteiger partial charge in [-0.05, 0) is 31.5 Å². The van der Waals surface area contributed by atoms with Crippen LogP contribution in [0, 0.1) is 13.8 Å². The minimum Gasteiger partial charge on any atom is -0.297 e. The third kappa shape index (κ3) is 4.09. The van der Waals surface area contributed by atoms with Gasteiger partial charge in [-0.1, -0.05) is 42.0 Å². The number of nitrogens with one attached hydrogen (secondary N) is 1. The first kappa shape index (κ1) is 19.0. The highest BCUT2D eigenvalue weighted by Crippen LogP contribution is 2.28. The van der Waals surface area contributed by atoms with Crippen molar-refractivity contribution in [1.29, 1.82) is 0 Å². The molecular formula is C22H20N4O2S. The molecule has 0 saturated carbocycles. The minimum absolute atomic E-state index is 0.126. The summed E-state index contributed by atoms with van der Waals surface area (Å²) in [6.07, 6.45) is 0.552. The fourth-order valence-electron chi connectivity index (χ4n) is 3.21. The molecule has 0 fully saturated rings. The predicted molar refractivity (Wildman–Crippen MR) is 116 cm³/mol. The van der Waals surface area contributed by atoms with Crippen LogP contribution in [0.2, 0.25) is 0 Å². The van der Waals surface area contributed by atoms with Gasteiger partial charge in [-0.3, -0.25) is 14.9 Å². The number of anilines is 2. The molecule has 2 heterocycles. The number of hydrogen-bond donors (Lipinski definition) is 1. The molecule has 0 bridgehead atoms. The molecular weight excluding hydrogens is 384 g/mol. The molecule has 29 heavy (non-hydrogen) atoms. The second kappa shape index (κ2) is 7.97. The molecule has 1 aliphatic heterocycles. The number of thiazole rings is 1. The van der Waals surface area contributed by atoms with Crippen LogP contribution in [0.4, 0.5) is 10.8 Å². The molecule has 0 saturated heterocycles. The van der Waals surface area contributed by atoms with E-state index in [9.17, 15) is 9.59 Å². The van der Waals surface area contributed by atoms with Crippen LogP contribution in [0.3, 0.4) is 0 Å². The number of carbonyl (C=O) groups excluding carboxylic acids is 2. The first-order chi connectivity index (χ1) is 14.0. The number of aromatic nitrogens is 1. The van der Waals surface area contributed by atoms with Gasteiger partial charge in [0, 0.05) is 23.8 Å². The van der Waals surface area contributed by atoms with Crippen molar-refractivity contribution in [2.24, 2.45) is 5.10 Å².